The quantitative estimate of drug-likeness (QED) is 0.522. The number of carbonyl (C=O) groups is 1. The first kappa shape index (κ1) is 21.6. The van der Waals surface area contributed by atoms with E-state index in [-0.39, 0.29) is 41.4 Å². The van der Waals surface area contributed by atoms with Gasteiger partial charge in [0.1, 0.15) is 40.4 Å². The second kappa shape index (κ2) is 6.65. The lowest BCUT2D eigenvalue weighted by molar-refractivity contribution is -0.201. The van der Waals surface area contributed by atoms with Crippen LogP contribution in [-0.2, 0) is 12.0 Å². The van der Waals surface area contributed by atoms with Crippen molar-refractivity contribution in [3.05, 3.63) is 52.6 Å². The number of hydrogen-bond donors (Lipinski definition) is 4. The summed E-state index contributed by atoms with van der Waals surface area (Å²) in [6, 6.07) is 5.80. The predicted molar refractivity (Wildman–Crippen MR) is 117 cm³/mol. The maximum atomic E-state index is 13.7. The molecular formula is C25H26O8. The van der Waals surface area contributed by atoms with Gasteiger partial charge in [0.15, 0.2) is 0 Å². The van der Waals surface area contributed by atoms with Gasteiger partial charge in [0.05, 0.1) is 5.60 Å². The van der Waals surface area contributed by atoms with Crippen molar-refractivity contribution in [2.75, 3.05) is 0 Å². The van der Waals surface area contributed by atoms with E-state index in [1.165, 1.54) is 18.2 Å². The van der Waals surface area contributed by atoms with Crippen LogP contribution in [0.25, 0.3) is 0 Å². The molecule has 0 radical (unpaired) electrons. The number of aromatic hydroxyl groups is 2. The molecule has 8 heteroatoms. The molecule has 33 heavy (non-hydrogen) atoms. The van der Waals surface area contributed by atoms with Crippen molar-refractivity contribution in [1.82, 2.24) is 0 Å². The Bertz CT molecular complexity index is 1220. The van der Waals surface area contributed by atoms with E-state index in [0.29, 0.717) is 16.9 Å². The Hall–Kier alpha value is -3.23. The number of ketones is 1. The molecule has 5 rings (SSSR count). The van der Waals surface area contributed by atoms with Crippen molar-refractivity contribution in [3.63, 3.8) is 0 Å². The van der Waals surface area contributed by atoms with Crippen LogP contribution in [0.15, 0.2) is 35.9 Å². The molecule has 2 aromatic rings. The lowest BCUT2D eigenvalue weighted by Crippen LogP contribution is -2.62. The highest BCUT2D eigenvalue weighted by Gasteiger charge is 2.69. The highest BCUT2D eigenvalue weighted by atomic mass is 16.7. The van der Waals surface area contributed by atoms with Gasteiger partial charge in [-0.1, -0.05) is 11.6 Å². The van der Waals surface area contributed by atoms with Gasteiger partial charge in [-0.2, -0.15) is 0 Å². The largest absolute Gasteiger partial charge is 0.508 e. The van der Waals surface area contributed by atoms with Gasteiger partial charge in [-0.3, -0.25) is 4.79 Å². The van der Waals surface area contributed by atoms with Crippen LogP contribution in [0, 0.1) is 0 Å². The fraction of sp³-hybridized carbons (Fsp3) is 0.400. The monoisotopic (exact) mass is 454 g/mol. The topological polar surface area (TPSA) is 126 Å². The number of phenols is 2. The van der Waals surface area contributed by atoms with E-state index < -0.39 is 28.9 Å². The minimum Gasteiger partial charge on any atom is -0.508 e. The normalized spacial score (nSPS) is 26.8. The van der Waals surface area contributed by atoms with Gasteiger partial charge in [-0.25, -0.2) is 0 Å². The first-order chi connectivity index (χ1) is 15.4. The number of rotatable bonds is 3. The Morgan fingerprint density at radius 1 is 1.15 bits per heavy atom. The minimum atomic E-state index is -2.47. The molecule has 8 nitrogen and oxygen atoms in total. The maximum Gasteiger partial charge on any atom is 0.318 e. The molecule has 3 atom stereocenters. The molecule has 2 aromatic carbocycles. The van der Waals surface area contributed by atoms with Crippen molar-refractivity contribution >= 4 is 5.78 Å². The van der Waals surface area contributed by atoms with Crippen LogP contribution in [-0.4, -0.2) is 43.7 Å². The molecule has 0 bridgehead atoms. The summed E-state index contributed by atoms with van der Waals surface area (Å²) < 4.78 is 17.9. The molecule has 0 aromatic heterocycles. The standard InChI is InChI=1S/C25H26O8/c1-12(2)7-8-24-15-6-5-13(26)9-17(15)33-25(24,30)22(28)20-18(32-24)11-16-14(21(20)27)10-19(31-16)23(3,4)29/h5-7,9,11,19,26-27,29-30H,8,10H2,1-4H3/t19-,24+,25+/m0/s1. The van der Waals surface area contributed by atoms with Crippen LogP contribution < -0.4 is 14.2 Å². The van der Waals surface area contributed by atoms with Crippen LogP contribution in [0.2, 0.25) is 0 Å². The number of ether oxygens (including phenoxy) is 3. The molecule has 3 heterocycles. The van der Waals surface area contributed by atoms with Crippen LogP contribution in [0.5, 0.6) is 28.7 Å². The Morgan fingerprint density at radius 2 is 1.88 bits per heavy atom. The molecule has 0 saturated heterocycles. The Morgan fingerprint density at radius 3 is 2.55 bits per heavy atom. The second-order valence-electron chi connectivity index (χ2n) is 9.71. The Labute approximate surface area is 190 Å². The van der Waals surface area contributed by atoms with E-state index in [9.17, 15) is 25.2 Å². The molecular weight excluding hydrogens is 428 g/mol. The van der Waals surface area contributed by atoms with Gasteiger partial charge in [0, 0.05) is 36.1 Å². The molecule has 0 unspecified atom stereocenters. The summed E-state index contributed by atoms with van der Waals surface area (Å²) in [5.74, 6) is -3.32. The maximum absolute atomic E-state index is 13.7. The summed E-state index contributed by atoms with van der Waals surface area (Å²) in [7, 11) is 0. The van der Waals surface area contributed by atoms with E-state index in [4.69, 9.17) is 14.2 Å². The third-order valence-electron chi connectivity index (χ3n) is 6.60. The summed E-state index contributed by atoms with van der Waals surface area (Å²) in [6.45, 7) is 6.96. The molecule has 0 saturated carbocycles. The SMILES string of the molecule is CC(C)=CC[C@]12Oc3cc4c(c(O)c3C(=O)[C@@]1(O)Oc1cc(O)ccc12)C[C@@H](C(C)(C)O)O4. The molecule has 0 fully saturated rings. The lowest BCUT2D eigenvalue weighted by atomic mass is 9.77. The van der Waals surface area contributed by atoms with E-state index in [0.717, 1.165) is 5.57 Å². The highest BCUT2D eigenvalue weighted by Crippen LogP contribution is 2.59. The zero-order valence-electron chi connectivity index (χ0n) is 18.8. The van der Waals surface area contributed by atoms with E-state index >= 15 is 0 Å². The molecule has 3 aliphatic rings. The lowest BCUT2D eigenvalue weighted by Gasteiger charge is -2.43. The van der Waals surface area contributed by atoms with Crippen LogP contribution in [0.3, 0.4) is 0 Å². The van der Waals surface area contributed by atoms with Crippen molar-refractivity contribution in [3.8, 4) is 28.7 Å². The zero-order valence-corrected chi connectivity index (χ0v) is 18.8. The predicted octanol–water partition coefficient (Wildman–Crippen LogP) is 3.08. The molecule has 3 aliphatic heterocycles. The van der Waals surface area contributed by atoms with Crippen LogP contribution >= 0.6 is 0 Å². The fourth-order valence-electron chi connectivity index (χ4n) is 4.74. The van der Waals surface area contributed by atoms with E-state index in [2.05, 4.69) is 0 Å². The van der Waals surface area contributed by atoms with Crippen LogP contribution in [0.4, 0.5) is 0 Å². The van der Waals surface area contributed by atoms with E-state index in [1.54, 1.807) is 19.9 Å². The number of aliphatic hydroxyl groups is 2. The molecule has 4 N–H and O–H groups in total. The van der Waals surface area contributed by atoms with Gasteiger partial charge in [0.25, 0.3) is 0 Å². The number of benzene rings is 2. The third-order valence-corrected chi connectivity index (χ3v) is 6.60. The van der Waals surface area contributed by atoms with Crippen molar-refractivity contribution in [2.24, 2.45) is 0 Å². The number of phenolic OH excluding ortho intramolecular Hbond substituents is 2. The van der Waals surface area contributed by atoms with E-state index in [1.807, 2.05) is 19.9 Å². The number of fused-ring (bicyclic) bond motifs is 5. The first-order valence-electron chi connectivity index (χ1n) is 10.8. The van der Waals surface area contributed by atoms with Gasteiger partial charge >= 0.3 is 5.79 Å². The summed E-state index contributed by atoms with van der Waals surface area (Å²) in [5.41, 5.74) is -1.34. The smallest absolute Gasteiger partial charge is 0.318 e. The summed E-state index contributed by atoms with van der Waals surface area (Å²) in [4.78, 5) is 13.7. The summed E-state index contributed by atoms with van der Waals surface area (Å²) in [6.07, 6.45) is 1.48. The number of allylic oxidation sites excluding steroid dienone is 1. The number of Topliss-reactive ketones (excluding diaryl/α,β-unsaturated/α-hetero) is 1. The average Bonchev–Trinajstić information content (AvgIpc) is 3.24. The summed E-state index contributed by atoms with van der Waals surface area (Å²) in [5, 5.41) is 43.0. The van der Waals surface area contributed by atoms with Crippen molar-refractivity contribution < 1.29 is 39.4 Å². The number of carbonyl (C=O) groups excluding carboxylic acids is 1. The third kappa shape index (κ3) is 2.87. The first-order valence-corrected chi connectivity index (χ1v) is 10.8. The summed E-state index contributed by atoms with van der Waals surface area (Å²) >= 11 is 0. The second-order valence-corrected chi connectivity index (χ2v) is 9.71. The Kier molecular flexibility index (Phi) is 4.35. The average molecular weight is 454 g/mol. The fourth-order valence-corrected chi connectivity index (χ4v) is 4.74. The zero-order chi connectivity index (χ0) is 23.9. The molecule has 0 aliphatic carbocycles. The van der Waals surface area contributed by atoms with Crippen molar-refractivity contribution in [1.29, 1.82) is 0 Å². The van der Waals surface area contributed by atoms with Crippen LogP contribution in [0.1, 0.15) is 55.6 Å². The Balaban J connectivity index is 1.71. The molecule has 174 valence electrons. The number of hydrogen-bond acceptors (Lipinski definition) is 8. The van der Waals surface area contributed by atoms with Gasteiger partial charge in [0.2, 0.25) is 11.4 Å². The highest BCUT2D eigenvalue weighted by molar-refractivity contribution is 6.09. The minimum absolute atomic E-state index is 0.0454. The molecule has 0 spiro atoms. The van der Waals surface area contributed by atoms with Crippen molar-refractivity contribution in [2.45, 2.75) is 63.6 Å². The van der Waals surface area contributed by atoms with Gasteiger partial charge in [-0.15, -0.1) is 0 Å². The van der Waals surface area contributed by atoms with Gasteiger partial charge < -0.3 is 34.6 Å². The molecule has 0 amide bonds. The van der Waals surface area contributed by atoms with Gasteiger partial charge in [-0.05, 0) is 39.8 Å².